The Morgan fingerprint density at radius 3 is 3.05 bits per heavy atom. The van der Waals surface area contributed by atoms with Gasteiger partial charge in [-0.05, 0) is 19.4 Å². The van der Waals surface area contributed by atoms with E-state index in [-0.39, 0.29) is 5.56 Å². The van der Waals surface area contributed by atoms with Gasteiger partial charge in [-0.15, -0.1) is 16.4 Å². The van der Waals surface area contributed by atoms with Gasteiger partial charge < -0.3 is 10.3 Å². The summed E-state index contributed by atoms with van der Waals surface area (Å²) in [6.07, 6.45) is 3.46. The average Bonchev–Trinajstić information content (AvgIpc) is 3.04. The van der Waals surface area contributed by atoms with Crippen molar-refractivity contribution in [3.05, 3.63) is 39.0 Å². The Bertz CT molecular complexity index is 804. The number of nitrogens with one attached hydrogen (secondary N) is 2. The Hall–Kier alpha value is -2.06. The maximum absolute atomic E-state index is 12.1. The van der Waals surface area contributed by atoms with Crippen molar-refractivity contribution in [3.8, 4) is 0 Å². The Balaban J connectivity index is 1.68. The Kier molecular flexibility index (Phi) is 3.80. The quantitative estimate of drug-likeness (QED) is 0.686. The molecule has 0 aliphatic carbocycles. The lowest BCUT2D eigenvalue weighted by atomic mass is 10.2. The monoisotopic (exact) mass is 304 g/mol. The molecule has 0 saturated carbocycles. The Morgan fingerprint density at radius 1 is 1.43 bits per heavy atom. The number of aromatic amines is 1. The van der Waals surface area contributed by atoms with Crippen molar-refractivity contribution >= 4 is 21.6 Å². The smallest absolute Gasteiger partial charge is 0.259 e. The fourth-order valence-corrected chi connectivity index (χ4v) is 3.18. The van der Waals surface area contributed by atoms with Crippen LogP contribution < -0.4 is 10.9 Å². The molecule has 21 heavy (non-hydrogen) atoms. The van der Waals surface area contributed by atoms with E-state index in [2.05, 4.69) is 25.6 Å². The minimum atomic E-state index is -0.0603. The number of fused-ring (bicyclic) bond motifs is 1. The lowest BCUT2D eigenvalue weighted by molar-refractivity contribution is 0.534. The molecule has 3 heterocycles. The van der Waals surface area contributed by atoms with E-state index >= 15 is 0 Å². The van der Waals surface area contributed by atoms with E-state index in [4.69, 9.17) is 0 Å². The van der Waals surface area contributed by atoms with E-state index in [1.54, 1.807) is 22.2 Å². The number of hydrogen-bond donors (Lipinski definition) is 2. The van der Waals surface area contributed by atoms with Crippen LogP contribution in [0.25, 0.3) is 10.2 Å². The first-order chi connectivity index (χ1) is 10.1. The van der Waals surface area contributed by atoms with Crippen LogP contribution in [0.4, 0.5) is 0 Å². The molecule has 2 N–H and O–H groups in total. The summed E-state index contributed by atoms with van der Waals surface area (Å²) in [4.78, 5) is 21.4. The number of aromatic nitrogens is 5. The molecule has 0 atom stereocenters. The molecule has 0 fully saturated rings. The summed E-state index contributed by atoms with van der Waals surface area (Å²) in [6, 6.07) is 0. The summed E-state index contributed by atoms with van der Waals surface area (Å²) in [6.45, 7) is 5.95. The van der Waals surface area contributed by atoms with Crippen LogP contribution in [0.3, 0.4) is 0 Å². The summed E-state index contributed by atoms with van der Waals surface area (Å²) in [5, 5.41) is 11.6. The largest absolute Gasteiger partial charge is 0.309 e. The Morgan fingerprint density at radius 2 is 2.29 bits per heavy atom. The van der Waals surface area contributed by atoms with Crippen molar-refractivity contribution in [1.82, 2.24) is 30.3 Å². The van der Waals surface area contributed by atoms with E-state index < -0.39 is 0 Å². The zero-order valence-corrected chi connectivity index (χ0v) is 12.7. The van der Waals surface area contributed by atoms with Gasteiger partial charge in [0.2, 0.25) is 0 Å². The lowest BCUT2D eigenvalue weighted by Crippen LogP contribution is -2.23. The van der Waals surface area contributed by atoms with Gasteiger partial charge in [0.05, 0.1) is 24.7 Å². The van der Waals surface area contributed by atoms with Crippen molar-refractivity contribution < 1.29 is 0 Å². The van der Waals surface area contributed by atoms with Crippen molar-refractivity contribution in [2.24, 2.45) is 0 Å². The minimum Gasteiger partial charge on any atom is -0.309 e. The maximum Gasteiger partial charge on any atom is 0.259 e. The van der Waals surface area contributed by atoms with Crippen LogP contribution in [-0.4, -0.2) is 31.5 Å². The molecule has 110 valence electrons. The standard InChI is InChI=1S/C13H16N6OS/c1-8-9(2)21-13-11(8)12(20)16-10(17-13)7-14-3-5-19-6-4-15-18-19/h4,6,14H,3,5,7H2,1-2H3,(H,16,17,20). The highest BCUT2D eigenvalue weighted by molar-refractivity contribution is 7.18. The SMILES string of the molecule is Cc1sc2nc(CNCCn3ccnn3)[nH]c(=O)c2c1C. The summed E-state index contributed by atoms with van der Waals surface area (Å²) in [7, 11) is 0. The minimum absolute atomic E-state index is 0.0603. The highest BCUT2D eigenvalue weighted by Crippen LogP contribution is 2.25. The fourth-order valence-electron chi connectivity index (χ4n) is 2.14. The predicted molar refractivity (Wildman–Crippen MR) is 81.4 cm³/mol. The average molecular weight is 304 g/mol. The zero-order valence-electron chi connectivity index (χ0n) is 11.9. The number of rotatable bonds is 5. The van der Waals surface area contributed by atoms with Gasteiger partial charge in [0, 0.05) is 17.6 Å². The van der Waals surface area contributed by atoms with Crippen molar-refractivity contribution in [3.63, 3.8) is 0 Å². The van der Waals surface area contributed by atoms with Crippen LogP contribution in [0.15, 0.2) is 17.2 Å². The third-order valence-corrected chi connectivity index (χ3v) is 4.47. The van der Waals surface area contributed by atoms with E-state index in [1.807, 2.05) is 20.0 Å². The topological polar surface area (TPSA) is 88.5 Å². The molecule has 0 saturated heterocycles. The van der Waals surface area contributed by atoms with Crippen LogP contribution in [0.1, 0.15) is 16.3 Å². The van der Waals surface area contributed by atoms with E-state index in [0.29, 0.717) is 17.8 Å². The molecule has 0 amide bonds. The number of hydrogen-bond acceptors (Lipinski definition) is 6. The number of H-pyrrole nitrogens is 1. The summed E-state index contributed by atoms with van der Waals surface area (Å²) in [5.41, 5.74) is 0.962. The lowest BCUT2D eigenvalue weighted by Gasteiger charge is -2.04. The summed E-state index contributed by atoms with van der Waals surface area (Å²) in [5.74, 6) is 0.660. The van der Waals surface area contributed by atoms with Crippen molar-refractivity contribution in [1.29, 1.82) is 0 Å². The molecule has 3 rings (SSSR count). The molecule has 8 heteroatoms. The van der Waals surface area contributed by atoms with Gasteiger partial charge in [-0.1, -0.05) is 5.21 Å². The van der Waals surface area contributed by atoms with Crippen LogP contribution in [-0.2, 0) is 13.1 Å². The molecule has 7 nitrogen and oxygen atoms in total. The molecular weight excluding hydrogens is 288 g/mol. The maximum atomic E-state index is 12.1. The van der Waals surface area contributed by atoms with Gasteiger partial charge in [0.15, 0.2) is 0 Å². The molecule has 0 spiro atoms. The van der Waals surface area contributed by atoms with Crippen molar-refractivity contribution in [2.45, 2.75) is 26.9 Å². The summed E-state index contributed by atoms with van der Waals surface area (Å²) < 4.78 is 1.75. The van der Waals surface area contributed by atoms with Gasteiger partial charge in [-0.25, -0.2) is 4.98 Å². The molecule has 3 aromatic rings. The van der Waals surface area contributed by atoms with Gasteiger partial charge in [-0.2, -0.15) is 0 Å². The third kappa shape index (κ3) is 2.86. The first-order valence-corrected chi connectivity index (χ1v) is 7.50. The van der Waals surface area contributed by atoms with E-state index in [1.165, 1.54) is 0 Å². The normalized spacial score (nSPS) is 11.3. The second-order valence-electron chi connectivity index (χ2n) is 4.82. The van der Waals surface area contributed by atoms with Gasteiger partial charge in [-0.3, -0.25) is 9.48 Å². The van der Waals surface area contributed by atoms with Gasteiger partial charge in [0.25, 0.3) is 5.56 Å². The first-order valence-electron chi connectivity index (χ1n) is 6.69. The number of thiophene rings is 1. The highest BCUT2D eigenvalue weighted by Gasteiger charge is 2.11. The molecule has 3 aromatic heterocycles. The van der Waals surface area contributed by atoms with E-state index in [0.717, 1.165) is 28.4 Å². The van der Waals surface area contributed by atoms with Gasteiger partial charge in [0.1, 0.15) is 10.7 Å². The Labute approximate surface area is 125 Å². The van der Waals surface area contributed by atoms with Crippen LogP contribution in [0, 0.1) is 13.8 Å². The molecule has 0 aliphatic rings. The summed E-state index contributed by atoms with van der Waals surface area (Å²) >= 11 is 1.56. The fraction of sp³-hybridized carbons (Fsp3) is 0.385. The molecule has 0 radical (unpaired) electrons. The molecule has 0 aliphatic heterocycles. The third-order valence-electron chi connectivity index (χ3n) is 3.37. The highest BCUT2D eigenvalue weighted by atomic mass is 32.1. The van der Waals surface area contributed by atoms with Gasteiger partial charge >= 0.3 is 0 Å². The van der Waals surface area contributed by atoms with Crippen LogP contribution in [0.2, 0.25) is 0 Å². The number of nitrogens with zero attached hydrogens (tertiary/aromatic N) is 4. The second kappa shape index (κ2) is 5.74. The predicted octanol–water partition coefficient (Wildman–Crippen LogP) is 0.983. The molecule has 0 unspecified atom stereocenters. The first kappa shape index (κ1) is 13.9. The zero-order chi connectivity index (χ0) is 14.8. The van der Waals surface area contributed by atoms with Crippen molar-refractivity contribution in [2.75, 3.05) is 6.54 Å². The molecule has 0 aromatic carbocycles. The number of aryl methyl sites for hydroxylation is 2. The molecular formula is C13H16N6OS. The molecule has 0 bridgehead atoms. The van der Waals surface area contributed by atoms with Crippen LogP contribution >= 0.6 is 11.3 Å². The van der Waals surface area contributed by atoms with Crippen LogP contribution in [0.5, 0.6) is 0 Å². The second-order valence-corrected chi connectivity index (χ2v) is 6.02. The van der Waals surface area contributed by atoms with E-state index in [9.17, 15) is 4.79 Å².